The Bertz CT molecular complexity index is 2050. The van der Waals surface area contributed by atoms with Crippen LogP contribution in [0.5, 0.6) is 0 Å². The number of amides is 2. The fourth-order valence-corrected chi connectivity index (χ4v) is 8.30. The third-order valence-corrected chi connectivity index (χ3v) is 11.4. The maximum absolute atomic E-state index is 11.9. The van der Waals surface area contributed by atoms with Crippen molar-refractivity contribution in [2.24, 2.45) is 0 Å². The summed E-state index contributed by atoms with van der Waals surface area (Å²) in [6.07, 6.45) is 14.8. The SMILES string of the molecule is CN1CCC(c2ccc(C3CCC(=O)NC3=O)cn2)CC1.CNc1cc(-c2ccc3cc(C#N)cnn23)ncc1-c1nnc(C2CCCCC2)s1. The third kappa shape index (κ3) is 7.67. The minimum absolute atomic E-state index is 0.174. The van der Waals surface area contributed by atoms with Crippen molar-refractivity contribution in [2.45, 2.75) is 75.5 Å². The van der Waals surface area contributed by atoms with Gasteiger partial charge in [-0.2, -0.15) is 10.4 Å². The molecular weight excluding hydrogens is 661 g/mol. The molecule has 2 amide bonds. The molecule has 1 unspecified atom stereocenters. The Balaban J connectivity index is 0.000000170. The van der Waals surface area contributed by atoms with E-state index in [0.29, 0.717) is 30.2 Å². The number of hydrogen-bond acceptors (Lipinski definition) is 11. The lowest BCUT2D eigenvalue weighted by Crippen LogP contribution is -2.39. The van der Waals surface area contributed by atoms with Gasteiger partial charge < -0.3 is 10.2 Å². The molecule has 2 N–H and O–H groups in total. The number of piperidine rings is 2. The maximum atomic E-state index is 11.9. The average Bonchev–Trinajstić information content (AvgIpc) is 3.84. The van der Waals surface area contributed by atoms with Crippen LogP contribution in [-0.4, -0.2) is 73.7 Å². The van der Waals surface area contributed by atoms with Crippen molar-refractivity contribution in [3.05, 3.63) is 76.8 Å². The van der Waals surface area contributed by atoms with Gasteiger partial charge in [0, 0.05) is 49.1 Å². The summed E-state index contributed by atoms with van der Waals surface area (Å²) in [6, 6.07) is 13.9. The van der Waals surface area contributed by atoms with E-state index in [1.807, 2.05) is 49.8 Å². The predicted molar refractivity (Wildman–Crippen MR) is 196 cm³/mol. The maximum Gasteiger partial charge on any atom is 0.234 e. The lowest BCUT2D eigenvalue weighted by atomic mass is 9.89. The van der Waals surface area contributed by atoms with E-state index in [0.717, 1.165) is 75.4 Å². The second-order valence-electron chi connectivity index (χ2n) is 13.7. The van der Waals surface area contributed by atoms with Gasteiger partial charge in [-0.15, -0.1) is 10.2 Å². The molecule has 5 aromatic heterocycles. The predicted octanol–water partition coefficient (Wildman–Crippen LogP) is 6.29. The van der Waals surface area contributed by atoms with Crippen molar-refractivity contribution >= 4 is 34.4 Å². The van der Waals surface area contributed by atoms with Crippen LogP contribution < -0.4 is 10.6 Å². The Labute approximate surface area is 301 Å². The van der Waals surface area contributed by atoms with Crippen molar-refractivity contribution in [1.29, 1.82) is 5.26 Å². The van der Waals surface area contributed by atoms with Gasteiger partial charge in [-0.3, -0.25) is 24.9 Å². The number of fused-ring (bicyclic) bond motifs is 1. The molecule has 12 nitrogen and oxygen atoms in total. The van der Waals surface area contributed by atoms with Crippen LogP contribution in [0, 0.1) is 11.3 Å². The Morgan fingerprint density at radius 1 is 0.922 bits per heavy atom. The van der Waals surface area contributed by atoms with Gasteiger partial charge in [0.05, 0.1) is 40.1 Å². The minimum atomic E-state index is -0.235. The first-order valence-electron chi connectivity index (χ1n) is 17.8. The lowest BCUT2D eigenvalue weighted by Gasteiger charge is -2.28. The molecule has 2 aliphatic heterocycles. The molecule has 1 aliphatic carbocycles. The van der Waals surface area contributed by atoms with E-state index >= 15 is 0 Å². The van der Waals surface area contributed by atoms with Crippen LogP contribution in [0.15, 0.2) is 55.0 Å². The molecular formula is C38H42N10O2S. The Hall–Kier alpha value is -5.06. The highest BCUT2D eigenvalue weighted by Crippen LogP contribution is 2.39. The molecule has 51 heavy (non-hydrogen) atoms. The highest BCUT2D eigenvalue weighted by molar-refractivity contribution is 7.14. The topological polar surface area (TPSA) is 154 Å². The quantitative estimate of drug-likeness (QED) is 0.193. The van der Waals surface area contributed by atoms with Crippen LogP contribution >= 0.6 is 11.3 Å². The Kier molecular flexibility index (Phi) is 10.4. The molecule has 2 saturated heterocycles. The lowest BCUT2D eigenvalue weighted by molar-refractivity contribution is -0.134. The Morgan fingerprint density at radius 3 is 2.47 bits per heavy atom. The molecule has 8 rings (SSSR count). The van der Waals surface area contributed by atoms with Crippen molar-refractivity contribution in [3.8, 4) is 28.0 Å². The molecule has 262 valence electrons. The summed E-state index contributed by atoms with van der Waals surface area (Å²) in [5.74, 6) is 0.470. The van der Waals surface area contributed by atoms with E-state index in [-0.39, 0.29) is 17.7 Å². The molecule has 1 atom stereocenters. The standard InChI is InChI=1S/C22H21N7S.C16H21N3O2/c1-24-18-10-19(20-8-7-16-9-14(11-23)12-26-29(16)20)25-13-17(18)22-28-27-21(30-22)15-5-3-2-4-6-15;1-19-8-6-11(7-9-19)14-4-2-12(10-17-14)13-3-5-15(20)18-16(13)21/h7-10,12-13,15H,2-6H2,1H3,(H,24,25);2,4,10-11,13H,3,5-9H2,1H3,(H,18,20,21). The van der Waals surface area contributed by atoms with E-state index in [9.17, 15) is 9.59 Å². The number of rotatable bonds is 6. The number of nitrogens with one attached hydrogen (secondary N) is 2. The van der Waals surface area contributed by atoms with Crippen LogP contribution in [0.3, 0.4) is 0 Å². The number of aromatic nitrogens is 6. The van der Waals surface area contributed by atoms with Gasteiger partial charge in [-0.05, 0) is 88.1 Å². The summed E-state index contributed by atoms with van der Waals surface area (Å²) < 4.78 is 1.80. The number of likely N-dealkylation sites (tertiary alicyclic amines) is 1. The largest absolute Gasteiger partial charge is 0.387 e. The first-order chi connectivity index (χ1) is 24.9. The van der Waals surface area contributed by atoms with Crippen molar-refractivity contribution in [2.75, 3.05) is 32.5 Å². The molecule has 7 heterocycles. The summed E-state index contributed by atoms with van der Waals surface area (Å²) in [4.78, 5) is 34.7. The van der Waals surface area contributed by atoms with Gasteiger partial charge in [0.1, 0.15) is 11.1 Å². The van der Waals surface area contributed by atoms with Gasteiger partial charge in [0.15, 0.2) is 5.01 Å². The van der Waals surface area contributed by atoms with E-state index in [1.165, 1.54) is 32.1 Å². The molecule has 0 radical (unpaired) electrons. The van der Waals surface area contributed by atoms with Crippen LogP contribution in [0.4, 0.5) is 5.69 Å². The smallest absolute Gasteiger partial charge is 0.234 e. The van der Waals surface area contributed by atoms with Crippen molar-refractivity contribution < 1.29 is 9.59 Å². The number of pyridine rings is 2. The highest BCUT2D eigenvalue weighted by Gasteiger charge is 2.29. The van der Waals surface area contributed by atoms with Gasteiger partial charge in [0.2, 0.25) is 11.8 Å². The molecule has 1 saturated carbocycles. The van der Waals surface area contributed by atoms with Gasteiger partial charge in [-0.1, -0.05) is 36.7 Å². The fourth-order valence-electron chi connectivity index (χ4n) is 7.27. The number of hydrogen-bond donors (Lipinski definition) is 2. The van der Waals surface area contributed by atoms with Crippen molar-refractivity contribution in [1.82, 2.24) is 40.0 Å². The van der Waals surface area contributed by atoms with Crippen LogP contribution in [0.2, 0.25) is 0 Å². The molecule has 3 aliphatic rings. The molecule has 3 fully saturated rings. The number of nitriles is 1. The van der Waals surface area contributed by atoms with Crippen molar-refractivity contribution in [3.63, 3.8) is 0 Å². The molecule has 0 bridgehead atoms. The second kappa shape index (κ2) is 15.4. The number of carbonyl (C=O) groups excluding carboxylic acids is 2. The van der Waals surface area contributed by atoms with E-state index in [1.54, 1.807) is 22.0 Å². The van der Waals surface area contributed by atoms with Gasteiger partial charge >= 0.3 is 0 Å². The molecule has 5 aromatic rings. The Morgan fingerprint density at radius 2 is 1.75 bits per heavy atom. The summed E-state index contributed by atoms with van der Waals surface area (Å²) in [5.41, 5.74) is 7.03. The number of imide groups is 1. The molecule has 13 heteroatoms. The zero-order valence-electron chi connectivity index (χ0n) is 29.0. The number of carbonyl (C=O) groups is 2. The van der Waals surface area contributed by atoms with E-state index in [2.05, 4.69) is 55.0 Å². The first-order valence-corrected chi connectivity index (χ1v) is 18.6. The van der Waals surface area contributed by atoms with Crippen LogP contribution in [-0.2, 0) is 9.59 Å². The summed E-state index contributed by atoms with van der Waals surface area (Å²) >= 11 is 1.68. The fraction of sp³-hybridized carbons (Fsp3) is 0.421. The van der Waals surface area contributed by atoms with Crippen LogP contribution in [0.25, 0.3) is 27.5 Å². The number of nitrogens with zero attached hydrogens (tertiary/aromatic N) is 8. The second-order valence-corrected chi connectivity index (χ2v) is 14.7. The van der Waals surface area contributed by atoms with Gasteiger partial charge in [0.25, 0.3) is 0 Å². The van der Waals surface area contributed by atoms with E-state index in [4.69, 9.17) is 10.2 Å². The molecule has 0 spiro atoms. The minimum Gasteiger partial charge on any atom is -0.387 e. The normalized spacial score (nSPS) is 18.9. The zero-order chi connectivity index (χ0) is 35.3. The van der Waals surface area contributed by atoms with Crippen LogP contribution in [0.1, 0.15) is 97.4 Å². The summed E-state index contributed by atoms with van der Waals surface area (Å²) in [5, 5.41) is 30.2. The van der Waals surface area contributed by atoms with Gasteiger partial charge in [-0.25, -0.2) is 4.52 Å². The number of anilines is 1. The zero-order valence-corrected chi connectivity index (χ0v) is 29.8. The van der Waals surface area contributed by atoms with E-state index < -0.39 is 0 Å². The third-order valence-electron chi connectivity index (χ3n) is 10.3. The summed E-state index contributed by atoms with van der Waals surface area (Å²) in [7, 11) is 4.05. The molecule has 0 aromatic carbocycles. The first kappa shape index (κ1) is 34.4. The highest BCUT2D eigenvalue weighted by atomic mass is 32.1. The summed E-state index contributed by atoms with van der Waals surface area (Å²) in [6.45, 7) is 2.22. The monoisotopic (exact) mass is 702 g/mol. The average molecular weight is 703 g/mol.